The monoisotopic (exact) mass is 481 g/mol. The molecule has 7 rings (SSSR count). The van der Waals surface area contributed by atoms with Gasteiger partial charge in [0, 0.05) is 10.5 Å². The van der Waals surface area contributed by atoms with Gasteiger partial charge in [-0.1, -0.05) is 28.1 Å². The van der Waals surface area contributed by atoms with Crippen molar-refractivity contribution in [1.82, 2.24) is 5.01 Å². The second-order valence-electron chi connectivity index (χ2n) is 8.51. The van der Waals surface area contributed by atoms with Gasteiger partial charge >= 0.3 is 0 Å². The van der Waals surface area contributed by atoms with Crippen LogP contribution in [0.3, 0.4) is 0 Å². The van der Waals surface area contributed by atoms with E-state index in [1.165, 1.54) is 12.3 Å². The number of rotatable bonds is 4. The summed E-state index contributed by atoms with van der Waals surface area (Å²) in [6.45, 7) is 0. The van der Waals surface area contributed by atoms with Gasteiger partial charge in [0.1, 0.15) is 11.5 Å². The number of furan rings is 1. The summed E-state index contributed by atoms with van der Waals surface area (Å²) in [4.78, 5) is 36.8. The number of nitro groups is 1. The Morgan fingerprint density at radius 3 is 2.42 bits per heavy atom. The molecule has 9 heteroatoms. The highest BCUT2D eigenvalue weighted by molar-refractivity contribution is 9.10. The fraction of sp³-hybridized carbons (Fsp3) is 0.318. The van der Waals surface area contributed by atoms with Crippen LogP contribution in [0.15, 0.2) is 56.5 Å². The maximum atomic E-state index is 13.0. The van der Waals surface area contributed by atoms with Crippen molar-refractivity contribution in [2.24, 2.45) is 40.6 Å². The first-order valence-corrected chi connectivity index (χ1v) is 10.9. The minimum Gasteiger partial charge on any atom is -0.455 e. The van der Waals surface area contributed by atoms with Gasteiger partial charge in [0.2, 0.25) is 0 Å². The Bertz CT molecular complexity index is 1180. The van der Waals surface area contributed by atoms with Crippen molar-refractivity contribution in [3.8, 4) is 11.3 Å². The average Bonchev–Trinajstić information content (AvgIpc) is 3.39. The van der Waals surface area contributed by atoms with Crippen molar-refractivity contribution >= 4 is 39.6 Å². The van der Waals surface area contributed by atoms with E-state index < -0.39 is 4.92 Å². The van der Waals surface area contributed by atoms with Crippen LogP contribution in [0.4, 0.5) is 5.69 Å². The molecule has 0 spiro atoms. The Balaban J connectivity index is 1.26. The molecule has 2 amide bonds. The van der Waals surface area contributed by atoms with Gasteiger partial charge < -0.3 is 4.42 Å². The van der Waals surface area contributed by atoms with Crippen LogP contribution in [0.25, 0.3) is 11.3 Å². The molecule has 8 nitrogen and oxygen atoms in total. The molecule has 2 bridgehead atoms. The standard InChI is InChI=1S/C22H16BrN3O5/c23-10-1-3-14(17(7-10)26(29)30)18-6-2-11(31-18)9-24-25-21(27)19-12-4-5-13(16-8-15(12)16)20(19)22(25)28/h1-7,9,12-13,15-16,19-20H,8H2/b24-9-/t12-,13-,15-,16+,19+,20+/m0/s1. The molecule has 3 fully saturated rings. The third-order valence-electron chi connectivity index (χ3n) is 6.99. The first-order valence-electron chi connectivity index (χ1n) is 10.1. The number of nitrogens with zero attached hydrogens (tertiary/aromatic N) is 3. The topological polar surface area (TPSA) is 106 Å². The molecule has 5 aliphatic rings. The molecule has 1 aromatic carbocycles. The number of imide groups is 1. The number of nitro benzene ring substituents is 1. The second kappa shape index (κ2) is 6.46. The summed E-state index contributed by atoms with van der Waals surface area (Å²) < 4.78 is 6.29. The lowest BCUT2D eigenvalue weighted by molar-refractivity contribution is -0.384. The van der Waals surface area contributed by atoms with Crippen molar-refractivity contribution in [2.45, 2.75) is 6.42 Å². The highest BCUT2D eigenvalue weighted by Gasteiger charge is 2.67. The fourth-order valence-electron chi connectivity index (χ4n) is 5.60. The minimum atomic E-state index is -0.480. The predicted molar refractivity (Wildman–Crippen MR) is 113 cm³/mol. The van der Waals surface area contributed by atoms with Crippen molar-refractivity contribution in [3.63, 3.8) is 0 Å². The Hall–Kier alpha value is -3.07. The number of halogens is 1. The second-order valence-corrected chi connectivity index (χ2v) is 9.42. The first-order chi connectivity index (χ1) is 14.9. The van der Waals surface area contributed by atoms with Crippen LogP contribution in [0.1, 0.15) is 12.2 Å². The number of hydrogen-bond donors (Lipinski definition) is 0. The quantitative estimate of drug-likeness (QED) is 0.215. The number of carbonyl (C=O) groups is 2. The lowest BCUT2D eigenvalue weighted by atomic mass is 9.63. The van der Waals surface area contributed by atoms with Gasteiger partial charge in [-0.05, 0) is 54.4 Å². The van der Waals surface area contributed by atoms with Crippen LogP contribution in [0.5, 0.6) is 0 Å². The summed E-state index contributed by atoms with van der Waals surface area (Å²) in [6.07, 6.45) is 6.65. The van der Waals surface area contributed by atoms with Crippen molar-refractivity contribution < 1.29 is 18.9 Å². The summed E-state index contributed by atoms with van der Waals surface area (Å²) in [5.41, 5.74) is 0.233. The van der Waals surface area contributed by atoms with Gasteiger partial charge in [-0.25, -0.2) is 0 Å². The van der Waals surface area contributed by atoms with Crippen LogP contribution in [-0.4, -0.2) is 28.0 Å². The third-order valence-corrected chi connectivity index (χ3v) is 7.48. The number of benzene rings is 1. The Kier molecular flexibility index (Phi) is 3.89. The summed E-state index contributed by atoms with van der Waals surface area (Å²) >= 11 is 3.23. The highest BCUT2D eigenvalue weighted by atomic mass is 79.9. The number of hydrazone groups is 1. The molecule has 2 saturated carbocycles. The van der Waals surface area contributed by atoms with Gasteiger partial charge in [-0.3, -0.25) is 19.7 Å². The zero-order valence-electron chi connectivity index (χ0n) is 16.1. The average molecular weight is 482 g/mol. The molecular formula is C22H16BrN3O5. The fourth-order valence-corrected chi connectivity index (χ4v) is 5.95. The lowest BCUT2D eigenvalue weighted by Gasteiger charge is -2.37. The Morgan fingerprint density at radius 1 is 1.10 bits per heavy atom. The SMILES string of the molecule is O=C1[C@@H]2[C@H]3C=C[C@@H]([C@@H]4C[C@H]34)[C@H]2C(=O)N1/N=C\c1ccc(-c2ccc(Br)cc2[N+](=O)[O-])o1. The molecule has 31 heavy (non-hydrogen) atoms. The van der Waals surface area contributed by atoms with Crippen LogP contribution in [0.2, 0.25) is 0 Å². The molecule has 1 aliphatic heterocycles. The minimum absolute atomic E-state index is 0.0947. The lowest BCUT2D eigenvalue weighted by Crippen LogP contribution is -2.40. The number of allylic oxidation sites excluding steroid dienone is 2. The predicted octanol–water partition coefficient (Wildman–Crippen LogP) is 4.00. The molecule has 2 aromatic rings. The molecule has 0 N–H and O–H groups in total. The number of carbonyl (C=O) groups excluding carboxylic acids is 2. The molecule has 4 aliphatic carbocycles. The Labute approximate surface area is 184 Å². The maximum absolute atomic E-state index is 13.0. The summed E-state index contributed by atoms with van der Waals surface area (Å²) in [5, 5.41) is 16.5. The van der Waals surface area contributed by atoms with E-state index in [2.05, 4.69) is 33.2 Å². The Morgan fingerprint density at radius 2 is 1.77 bits per heavy atom. The van der Waals surface area contributed by atoms with E-state index in [1.807, 2.05) is 0 Å². The van der Waals surface area contributed by atoms with Crippen molar-refractivity contribution in [2.75, 3.05) is 0 Å². The van der Waals surface area contributed by atoms with Crippen LogP contribution >= 0.6 is 15.9 Å². The molecular weight excluding hydrogens is 466 g/mol. The number of amides is 2. The molecule has 156 valence electrons. The van der Waals surface area contributed by atoms with E-state index in [9.17, 15) is 19.7 Å². The first kappa shape index (κ1) is 18.7. The zero-order chi connectivity index (χ0) is 21.4. The largest absolute Gasteiger partial charge is 0.455 e. The summed E-state index contributed by atoms with van der Waals surface area (Å²) in [7, 11) is 0. The smallest absolute Gasteiger partial charge is 0.281 e. The number of hydrogen-bond acceptors (Lipinski definition) is 6. The molecule has 6 atom stereocenters. The van der Waals surface area contributed by atoms with Crippen LogP contribution in [-0.2, 0) is 9.59 Å². The van der Waals surface area contributed by atoms with E-state index in [4.69, 9.17) is 4.42 Å². The van der Waals surface area contributed by atoms with Gasteiger partial charge in [0.25, 0.3) is 17.5 Å². The normalized spacial score (nSPS) is 32.6. The summed E-state index contributed by atoms with van der Waals surface area (Å²) in [6, 6.07) is 7.89. The van der Waals surface area contributed by atoms with Gasteiger partial charge in [-0.2, -0.15) is 10.1 Å². The zero-order valence-corrected chi connectivity index (χ0v) is 17.6. The van der Waals surface area contributed by atoms with E-state index in [-0.39, 0.29) is 41.2 Å². The van der Waals surface area contributed by atoms with E-state index in [1.54, 1.807) is 24.3 Å². The summed E-state index contributed by atoms with van der Waals surface area (Å²) in [5.74, 6) is 0.856. The van der Waals surface area contributed by atoms with E-state index in [0.717, 1.165) is 11.4 Å². The molecule has 2 heterocycles. The molecule has 1 saturated heterocycles. The highest BCUT2D eigenvalue weighted by Crippen LogP contribution is 2.65. The van der Waals surface area contributed by atoms with Crippen molar-refractivity contribution in [1.29, 1.82) is 0 Å². The molecule has 1 aromatic heterocycles. The van der Waals surface area contributed by atoms with Gasteiger partial charge in [0.15, 0.2) is 0 Å². The van der Waals surface area contributed by atoms with E-state index >= 15 is 0 Å². The molecule has 0 radical (unpaired) electrons. The third kappa shape index (κ3) is 2.69. The van der Waals surface area contributed by atoms with Crippen LogP contribution < -0.4 is 0 Å². The van der Waals surface area contributed by atoms with Crippen LogP contribution in [0, 0.1) is 45.6 Å². The molecule has 0 unspecified atom stereocenters. The van der Waals surface area contributed by atoms with Gasteiger partial charge in [0.05, 0.1) is 28.5 Å². The van der Waals surface area contributed by atoms with Crippen molar-refractivity contribution in [3.05, 3.63) is 62.8 Å². The van der Waals surface area contributed by atoms with E-state index in [0.29, 0.717) is 33.4 Å². The maximum Gasteiger partial charge on any atom is 0.281 e. The van der Waals surface area contributed by atoms with Gasteiger partial charge in [-0.15, -0.1) is 0 Å².